The zero-order chi connectivity index (χ0) is 23.9. The number of carbonyl (C=O) groups is 4. The van der Waals surface area contributed by atoms with E-state index < -0.39 is 29.6 Å². The standard InChI is InChI=1S/C23H33N3O6/c1-23(2,3)32-20(28)15-24(4)19(27)14-25(5)21(29)18-12-9-13-26(18)22(30)31-16-17-10-7-6-8-11-17/h6-8,10-11,18H,9,12-16H2,1-5H3. The van der Waals surface area contributed by atoms with Crippen molar-refractivity contribution in [2.45, 2.75) is 51.9 Å². The lowest BCUT2D eigenvalue weighted by atomic mass is 10.2. The van der Waals surface area contributed by atoms with Crippen molar-refractivity contribution in [1.29, 1.82) is 0 Å². The third kappa shape index (κ3) is 7.55. The molecule has 1 atom stereocenters. The minimum atomic E-state index is -0.674. The molecule has 9 heteroatoms. The largest absolute Gasteiger partial charge is 0.459 e. The molecule has 1 aliphatic rings. The molecule has 0 N–H and O–H groups in total. The predicted octanol–water partition coefficient (Wildman–Crippen LogP) is 2.05. The Kier molecular flexibility index (Phi) is 8.63. The molecule has 0 aliphatic carbocycles. The number of rotatable bonds is 7. The van der Waals surface area contributed by atoms with Gasteiger partial charge in [-0.2, -0.15) is 0 Å². The Balaban J connectivity index is 1.87. The molecule has 1 fully saturated rings. The molecule has 0 aromatic heterocycles. The quantitative estimate of drug-likeness (QED) is 0.594. The van der Waals surface area contributed by atoms with Crippen LogP contribution >= 0.6 is 0 Å². The number of benzene rings is 1. The first-order valence-corrected chi connectivity index (χ1v) is 10.7. The van der Waals surface area contributed by atoms with Crippen molar-refractivity contribution in [3.63, 3.8) is 0 Å². The van der Waals surface area contributed by atoms with Gasteiger partial charge in [0.05, 0.1) is 6.54 Å². The Morgan fingerprint density at radius 2 is 1.69 bits per heavy atom. The van der Waals surface area contributed by atoms with Gasteiger partial charge in [0.2, 0.25) is 11.8 Å². The van der Waals surface area contributed by atoms with Gasteiger partial charge in [0, 0.05) is 20.6 Å². The lowest BCUT2D eigenvalue weighted by Gasteiger charge is -2.28. The van der Waals surface area contributed by atoms with E-state index >= 15 is 0 Å². The summed E-state index contributed by atoms with van der Waals surface area (Å²) in [6.07, 6.45) is 0.634. The lowest BCUT2D eigenvalue weighted by molar-refractivity contribution is -0.158. The number of esters is 1. The number of amides is 3. The van der Waals surface area contributed by atoms with Crippen LogP contribution in [-0.4, -0.2) is 83.9 Å². The van der Waals surface area contributed by atoms with Gasteiger partial charge in [-0.3, -0.25) is 19.3 Å². The van der Waals surface area contributed by atoms with Gasteiger partial charge in [-0.15, -0.1) is 0 Å². The number of hydrogen-bond acceptors (Lipinski definition) is 6. The Morgan fingerprint density at radius 1 is 1.03 bits per heavy atom. The second-order valence-corrected chi connectivity index (χ2v) is 8.92. The molecule has 2 rings (SSSR count). The molecular formula is C23H33N3O6. The average Bonchev–Trinajstić information content (AvgIpc) is 3.20. The molecular weight excluding hydrogens is 414 g/mol. The fraction of sp³-hybridized carbons (Fsp3) is 0.565. The molecule has 1 aromatic carbocycles. The second-order valence-electron chi connectivity index (χ2n) is 8.92. The van der Waals surface area contributed by atoms with Crippen molar-refractivity contribution >= 4 is 23.9 Å². The van der Waals surface area contributed by atoms with E-state index in [9.17, 15) is 19.2 Å². The first-order valence-electron chi connectivity index (χ1n) is 10.7. The smallest absolute Gasteiger partial charge is 0.410 e. The van der Waals surface area contributed by atoms with Crippen LogP contribution in [0.5, 0.6) is 0 Å². The molecule has 0 spiro atoms. The maximum atomic E-state index is 12.9. The van der Waals surface area contributed by atoms with E-state index in [1.54, 1.807) is 20.8 Å². The van der Waals surface area contributed by atoms with E-state index in [-0.39, 0.29) is 25.6 Å². The molecule has 1 saturated heterocycles. The van der Waals surface area contributed by atoms with E-state index in [1.807, 2.05) is 30.3 Å². The van der Waals surface area contributed by atoms with Crippen molar-refractivity contribution in [3.8, 4) is 0 Å². The minimum Gasteiger partial charge on any atom is -0.459 e. The van der Waals surface area contributed by atoms with Gasteiger partial charge < -0.3 is 19.3 Å². The summed E-state index contributed by atoms with van der Waals surface area (Å²) in [5.74, 6) is -1.26. The summed E-state index contributed by atoms with van der Waals surface area (Å²) in [5.41, 5.74) is 0.216. The molecule has 1 unspecified atom stereocenters. The second kappa shape index (κ2) is 11.0. The fourth-order valence-electron chi connectivity index (χ4n) is 3.36. The van der Waals surface area contributed by atoms with E-state index in [4.69, 9.17) is 9.47 Å². The van der Waals surface area contributed by atoms with Gasteiger partial charge >= 0.3 is 12.1 Å². The summed E-state index contributed by atoms with van der Waals surface area (Å²) in [4.78, 5) is 53.8. The van der Waals surface area contributed by atoms with Crippen LogP contribution < -0.4 is 0 Å². The summed E-state index contributed by atoms with van der Waals surface area (Å²) in [5, 5.41) is 0. The Morgan fingerprint density at radius 3 is 2.31 bits per heavy atom. The SMILES string of the molecule is CN(CC(=O)OC(C)(C)C)C(=O)CN(C)C(=O)C1CCCN1C(=O)OCc1ccccc1. The summed E-state index contributed by atoms with van der Waals surface area (Å²) in [6.45, 7) is 5.37. The van der Waals surface area contributed by atoms with Gasteiger partial charge in [0.25, 0.3) is 0 Å². The zero-order valence-corrected chi connectivity index (χ0v) is 19.5. The molecule has 3 amide bonds. The molecule has 32 heavy (non-hydrogen) atoms. The molecule has 0 saturated carbocycles. The van der Waals surface area contributed by atoms with E-state index in [2.05, 4.69) is 0 Å². The third-order valence-electron chi connectivity index (χ3n) is 4.94. The maximum Gasteiger partial charge on any atom is 0.410 e. The van der Waals surface area contributed by atoms with Gasteiger partial charge in [0.1, 0.15) is 24.8 Å². The zero-order valence-electron chi connectivity index (χ0n) is 19.5. The third-order valence-corrected chi connectivity index (χ3v) is 4.94. The Bertz CT molecular complexity index is 821. The predicted molar refractivity (Wildman–Crippen MR) is 117 cm³/mol. The highest BCUT2D eigenvalue weighted by atomic mass is 16.6. The molecule has 1 heterocycles. The number of ether oxygens (including phenoxy) is 2. The van der Waals surface area contributed by atoms with Crippen LogP contribution in [0, 0.1) is 0 Å². The van der Waals surface area contributed by atoms with Crippen LogP contribution in [-0.2, 0) is 30.5 Å². The van der Waals surface area contributed by atoms with Crippen LogP contribution in [0.1, 0.15) is 39.2 Å². The van der Waals surface area contributed by atoms with E-state index in [0.29, 0.717) is 19.4 Å². The normalized spacial score (nSPS) is 15.8. The highest BCUT2D eigenvalue weighted by Crippen LogP contribution is 2.20. The highest BCUT2D eigenvalue weighted by Gasteiger charge is 2.37. The van der Waals surface area contributed by atoms with Crippen LogP contribution in [0.25, 0.3) is 0 Å². The first kappa shape index (κ1) is 25.2. The summed E-state index contributed by atoms with van der Waals surface area (Å²) < 4.78 is 10.6. The highest BCUT2D eigenvalue weighted by molar-refractivity contribution is 5.90. The van der Waals surface area contributed by atoms with Gasteiger partial charge in [0.15, 0.2) is 0 Å². The molecule has 0 radical (unpaired) electrons. The van der Waals surface area contributed by atoms with Crippen molar-refractivity contribution in [2.24, 2.45) is 0 Å². The van der Waals surface area contributed by atoms with Crippen LogP contribution in [0.15, 0.2) is 30.3 Å². The van der Waals surface area contributed by atoms with Crippen LogP contribution in [0.4, 0.5) is 4.79 Å². The van der Waals surface area contributed by atoms with Gasteiger partial charge in [-0.25, -0.2) is 4.79 Å². The van der Waals surface area contributed by atoms with Crippen LogP contribution in [0.2, 0.25) is 0 Å². The average molecular weight is 448 g/mol. The van der Waals surface area contributed by atoms with Gasteiger partial charge in [-0.1, -0.05) is 30.3 Å². The summed E-state index contributed by atoms with van der Waals surface area (Å²) >= 11 is 0. The number of hydrogen-bond donors (Lipinski definition) is 0. The van der Waals surface area contributed by atoms with Crippen molar-refractivity contribution in [3.05, 3.63) is 35.9 Å². The molecule has 0 bridgehead atoms. The Hall–Kier alpha value is -3.10. The van der Waals surface area contributed by atoms with Crippen molar-refractivity contribution < 1.29 is 28.7 Å². The van der Waals surface area contributed by atoms with E-state index in [0.717, 1.165) is 5.56 Å². The maximum absolute atomic E-state index is 12.9. The molecule has 176 valence electrons. The number of likely N-dealkylation sites (tertiary alicyclic amines) is 1. The number of nitrogens with zero attached hydrogens (tertiary/aromatic N) is 3. The monoisotopic (exact) mass is 447 g/mol. The molecule has 9 nitrogen and oxygen atoms in total. The molecule has 1 aliphatic heterocycles. The Labute approximate surface area is 189 Å². The fourth-order valence-corrected chi connectivity index (χ4v) is 3.36. The lowest BCUT2D eigenvalue weighted by Crippen LogP contribution is -2.49. The summed E-state index contributed by atoms with van der Waals surface area (Å²) in [6, 6.07) is 8.63. The van der Waals surface area contributed by atoms with Crippen molar-refractivity contribution in [1.82, 2.24) is 14.7 Å². The topological polar surface area (TPSA) is 96.5 Å². The number of likely N-dealkylation sites (N-methyl/N-ethyl adjacent to an activating group) is 2. The van der Waals surface area contributed by atoms with Crippen LogP contribution in [0.3, 0.4) is 0 Å². The molecule has 1 aromatic rings. The van der Waals surface area contributed by atoms with Gasteiger partial charge in [-0.05, 0) is 39.2 Å². The van der Waals surface area contributed by atoms with E-state index in [1.165, 1.54) is 28.8 Å². The minimum absolute atomic E-state index is 0.126. The first-order chi connectivity index (χ1) is 15.0. The summed E-state index contributed by atoms with van der Waals surface area (Å²) in [7, 11) is 2.99. The number of carbonyl (C=O) groups excluding carboxylic acids is 4. The van der Waals surface area contributed by atoms with Crippen molar-refractivity contribution in [2.75, 3.05) is 33.7 Å².